The average molecular weight is 274 g/mol. The van der Waals surface area contributed by atoms with Gasteiger partial charge in [-0.25, -0.2) is 4.79 Å². The Morgan fingerprint density at radius 2 is 2.11 bits per heavy atom. The highest BCUT2D eigenvalue weighted by Crippen LogP contribution is 2.16. The lowest BCUT2D eigenvalue weighted by atomic mass is 10.1. The molecule has 1 atom stereocenters. The number of rotatable bonds is 3. The van der Waals surface area contributed by atoms with Gasteiger partial charge in [0.15, 0.2) is 0 Å². The summed E-state index contributed by atoms with van der Waals surface area (Å²) in [7, 11) is 0. The predicted octanol–water partition coefficient (Wildman–Crippen LogP) is 1.29. The van der Waals surface area contributed by atoms with E-state index in [9.17, 15) is 9.59 Å². The van der Waals surface area contributed by atoms with Gasteiger partial charge in [0.25, 0.3) is 0 Å². The van der Waals surface area contributed by atoms with Gasteiger partial charge in [0, 0.05) is 19.6 Å². The maximum Gasteiger partial charge on any atom is 0.407 e. The molecule has 0 aromatic heterocycles. The second-order valence-electron chi connectivity index (χ2n) is 5.54. The molecule has 6 heteroatoms. The van der Waals surface area contributed by atoms with E-state index in [0.717, 1.165) is 13.0 Å². The number of nitrogens with one attached hydrogen (secondary N) is 1. The zero-order chi connectivity index (χ0) is 13.8. The lowest BCUT2D eigenvalue weighted by molar-refractivity contribution is -0.127. The number of thiol groups is 1. The molecule has 1 N–H and O–H groups in total. The third kappa shape index (κ3) is 5.16. The van der Waals surface area contributed by atoms with Crippen molar-refractivity contribution in [1.82, 2.24) is 10.2 Å². The lowest BCUT2D eigenvalue weighted by Gasteiger charge is -2.20. The number of hydrogen-bond donors (Lipinski definition) is 2. The van der Waals surface area contributed by atoms with E-state index in [4.69, 9.17) is 4.74 Å². The molecule has 0 saturated carbocycles. The molecule has 0 aromatic rings. The monoisotopic (exact) mass is 274 g/mol. The van der Waals surface area contributed by atoms with Crippen LogP contribution >= 0.6 is 12.6 Å². The number of alkyl carbamates (subject to hydrolysis) is 1. The molecular weight excluding hydrogens is 252 g/mol. The van der Waals surface area contributed by atoms with E-state index in [1.807, 2.05) is 20.8 Å². The summed E-state index contributed by atoms with van der Waals surface area (Å²) in [5, 5.41) is 2.74. The lowest BCUT2D eigenvalue weighted by Crippen LogP contribution is -2.36. The van der Waals surface area contributed by atoms with Crippen LogP contribution in [0.15, 0.2) is 0 Å². The van der Waals surface area contributed by atoms with Gasteiger partial charge in [0.05, 0.1) is 5.75 Å². The summed E-state index contributed by atoms with van der Waals surface area (Å²) in [4.78, 5) is 24.7. The minimum atomic E-state index is -0.478. The molecular formula is C12H22N2O3S. The minimum absolute atomic E-state index is 0.0538. The fourth-order valence-corrected chi connectivity index (χ4v) is 2.07. The van der Waals surface area contributed by atoms with Gasteiger partial charge in [-0.05, 0) is 33.1 Å². The zero-order valence-electron chi connectivity index (χ0n) is 11.2. The van der Waals surface area contributed by atoms with E-state index in [-0.39, 0.29) is 11.7 Å². The highest BCUT2D eigenvalue weighted by molar-refractivity contribution is 7.81. The summed E-state index contributed by atoms with van der Waals surface area (Å²) in [6.07, 6.45) is 0.511. The molecule has 1 aliphatic heterocycles. The molecule has 0 aromatic carbocycles. The van der Waals surface area contributed by atoms with Crippen molar-refractivity contribution in [1.29, 1.82) is 0 Å². The zero-order valence-corrected chi connectivity index (χ0v) is 12.1. The second kappa shape index (κ2) is 6.31. The highest BCUT2D eigenvalue weighted by atomic mass is 32.1. The van der Waals surface area contributed by atoms with E-state index >= 15 is 0 Å². The molecule has 1 heterocycles. The van der Waals surface area contributed by atoms with Crippen LogP contribution in [0.25, 0.3) is 0 Å². The maximum atomic E-state index is 11.5. The molecule has 1 unspecified atom stereocenters. The van der Waals surface area contributed by atoms with Crippen molar-refractivity contribution in [3.8, 4) is 0 Å². The quantitative estimate of drug-likeness (QED) is 0.762. The Morgan fingerprint density at radius 1 is 1.44 bits per heavy atom. The second-order valence-corrected chi connectivity index (χ2v) is 5.85. The number of carbonyl (C=O) groups excluding carboxylic acids is 2. The normalized spacial score (nSPS) is 19.8. The van der Waals surface area contributed by atoms with E-state index in [1.54, 1.807) is 4.90 Å². The van der Waals surface area contributed by atoms with Crippen LogP contribution in [-0.2, 0) is 9.53 Å². The molecule has 1 rings (SSSR count). The predicted molar refractivity (Wildman–Crippen MR) is 72.8 cm³/mol. The Bertz CT molecular complexity index is 315. The van der Waals surface area contributed by atoms with Gasteiger partial charge >= 0.3 is 6.09 Å². The van der Waals surface area contributed by atoms with E-state index in [2.05, 4.69) is 17.9 Å². The van der Waals surface area contributed by atoms with Crippen molar-refractivity contribution in [3.05, 3.63) is 0 Å². The Labute approximate surface area is 114 Å². The van der Waals surface area contributed by atoms with Crippen LogP contribution in [0.1, 0.15) is 27.2 Å². The van der Waals surface area contributed by atoms with Gasteiger partial charge in [-0.15, -0.1) is 0 Å². The third-order valence-corrected chi connectivity index (χ3v) is 2.98. The molecule has 0 radical (unpaired) electrons. The van der Waals surface area contributed by atoms with Gasteiger partial charge in [-0.2, -0.15) is 12.6 Å². The van der Waals surface area contributed by atoms with Gasteiger partial charge in [-0.3, -0.25) is 4.79 Å². The highest BCUT2D eigenvalue weighted by Gasteiger charge is 2.26. The van der Waals surface area contributed by atoms with Crippen molar-refractivity contribution in [3.63, 3.8) is 0 Å². The largest absolute Gasteiger partial charge is 0.444 e. The van der Waals surface area contributed by atoms with Gasteiger partial charge < -0.3 is 15.0 Å². The summed E-state index contributed by atoms with van der Waals surface area (Å²) in [5.74, 6) is 0.603. The molecule has 2 amide bonds. The van der Waals surface area contributed by atoms with Crippen molar-refractivity contribution in [2.24, 2.45) is 5.92 Å². The van der Waals surface area contributed by atoms with Crippen LogP contribution in [0.5, 0.6) is 0 Å². The fraction of sp³-hybridized carbons (Fsp3) is 0.833. The molecule has 0 spiro atoms. The van der Waals surface area contributed by atoms with Crippen molar-refractivity contribution in [2.45, 2.75) is 32.8 Å². The topological polar surface area (TPSA) is 58.6 Å². The van der Waals surface area contributed by atoms with Crippen molar-refractivity contribution in [2.75, 3.05) is 25.4 Å². The molecule has 1 saturated heterocycles. The van der Waals surface area contributed by atoms with Crippen LogP contribution < -0.4 is 5.32 Å². The summed E-state index contributed by atoms with van der Waals surface area (Å²) in [6.45, 7) is 7.47. The number of carbonyl (C=O) groups is 2. The fourth-order valence-electron chi connectivity index (χ4n) is 1.87. The van der Waals surface area contributed by atoms with Crippen LogP contribution in [0.2, 0.25) is 0 Å². The molecule has 1 fully saturated rings. The van der Waals surface area contributed by atoms with Crippen molar-refractivity contribution >= 4 is 24.6 Å². The average Bonchev–Trinajstić information content (AvgIpc) is 2.71. The SMILES string of the molecule is CC(C)(C)OC(=O)NCC1CCN(C(=O)CS)C1. The molecule has 18 heavy (non-hydrogen) atoms. The number of ether oxygens (including phenoxy) is 1. The Morgan fingerprint density at radius 3 is 2.67 bits per heavy atom. The molecule has 0 aliphatic carbocycles. The van der Waals surface area contributed by atoms with Crippen LogP contribution in [-0.4, -0.2) is 47.9 Å². The van der Waals surface area contributed by atoms with Crippen LogP contribution in [0, 0.1) is 5.92 Å². The molecule has 1 aliphatic rings. The van der Waals surface area contributed by atoms with Crippen molar-refractivity contribution < 1.29 is 14.3 Å². The number of hydrogen-bond acceptors (Lipinski definition) is 4. The third-order valence-electron chi connectivity index (χ3n) is 2.71. The van der Waals surface area contributed by atoms with Gasteiger partial charge in [0.1, 0.15) is 5.60 Å². The van der Waals surface area contributed by atoms with Crippen LogP contribution in [0.3, 0.4) is 0 Å². The summed E-state index contributed by atoms with van der Waals surface area (Å²) < 4.78 is 5.15. The Hall–Kier alpha value is -0.910. The number of likely N-dealkylation sites (tertiary alicyclic amines) is 1. The van der Waals surface area contributed by atoms with Crippen LogP contribution in [0.4, 0.5) is 4.79 Å². The Kier molecular flexibility index (Phi) is 5.31. The first-order valence-electron chi connectivity index (χ1n) is 6.17. The summed E-state index contributed by atoms with van der Waals surface area (Å²) in [6, 6.07) is 0. The van der Waals surface area contributed by atoms with E-state index in [1.165, 1.54) is 0 Å². The smallest absolute Gasteiger partial charge is 0.407 e. The maximum absolute atomic E-state index is 11.5. The molecule has 104 valence electrons. The van der Waals surface area contributed by atoms with Gasteiger partial charge in [0.2, 0.25) is 5.91 Å². The first-order valence-corrected chi connectivity index (χ1v) is 6.80. The number of nitrogens with zero attached hydrogens (tertiary/aromatic N) is 1. The van der Waals surface area contributed by atoms with E-state index < -0.39 is 11.7 Å². The molecule has 0 bridgehead atoms. The minimum Gasteiger partial charge on any atom is -0.444 e. The number of amides is 2. The standard InChI is InChI=1S/C12H22N2O3S/c1-12(2,3)17-11(16)13-6-9-4-5-14(7-9)10(15)8-18/h9,18H,4-8H2,1-3H3,(H,13,16). The molecule has 5 nitrogen and oxygen atoms in total. The van der Waals surface area contributed by atoms with Gasteiger partial charge in [-0.1, -0.05) is 0 Å². The van der Waals surface area contributed by atoms with E-state index in [0.29, 0.717) is 19.0 Å². The first-order chi connectivity index (χ1) is 8.31. The Balaban J connectivity index is 2.26. The first kappa shape index (κ1) is 15.1. The summed E-state index contributed by atoms with van der Waals surface area (Å²) >= 11 is 3.97. The summed E-state index contributed by atoms with van der Waals surface area (Å²) in [5.41, 5.74) is -0.478.